The lowest BCUT2D eigenvalue weighted by Crippen LogP contribution is -2.40. The van der Waals surface area contributed by atoms with Gasteiger partial charge in [-0.25, -0.2) is 17.9 Å². The van der Waals surface area contributed by atoms with Gasteiger partial charge in [0, 0.05) is 15.1 Å². The van der Waals surface area contributed by atoms with Gasteiger partial charge in [-0.3, -0.25) is 0 Å². The van der Waals surface area contributed by atoms with Crippen LogP contribution in [-0.4, -0.2) is 20.6 Å². The van der Waals surface area contributed by atoms with Crippen molar-refractivity contribution >= 4 is 43.6 Å². The molecule has 2 rings (SSSR count). The van der Waals surface area contributed by atoms with Crippen molar-refractivity contribution in [3.63, 3.8) is 0 Å². The molecule has 1 unspecified atom stereocenters. The Bertz CT molecular complexity index is 917. The maximum Gasteiger partial charge on any atom is 0.329 e. The Morgan fingerprint density at radius 3 is 2.33 bits per heavy atom. The topological polar surface area (TPSA) is 84.5 Å². The van der Waals surface area contributed by atoms with Crippen molar-refractivity contribution < 1.29 is 17.9 Å². The lowest BCUT2D eigenvalue weighted by molar-refractivity contribution is 0.234. The van der Waals surface area contributed by atoms with Gasteiger partial charge in [-0.2, -0.15) is 0 Å². The Morgan fingerprint density at radius 1 is 1.11 bits per heavy atom. The van der Waals surface area contributed by atoms with Gasteiger partial charge in [-0.1, -0.05) is 27.5 Å². The van der Waals surface area contributed by atoms with Gasteiger partial charge in [0.25, 0.3) is 10.0 Å². The average molecular weight is 476 g/mol. The van der Waals surface area contributed by atoms with E-state index in [0.717, 1.165) is 10.0 Å². The molecule has 6 nitrogen and oxygen atoms in total. The fourth-order valence-electron chi connectivity index (χ4n) is 2.32. The predicted molar refractivity (Wildman–Crippen MR) is 109 cm³/mol. The fraction of sp³-hybridized carbons (Fsp3) is 0.278. The normalized spacial score (nSPS) is 12.5. The van der Waals surface area contributed by atoms with E-state index in [-0.39, 0.29) is 11.0 Å². The third-order valence-electron chi connectivity index (χ3n) is 3.50. The van der Waals surface area contributed by atoms with Crippen LogP contribution < -0.4 is 14.8 Å². The number of ether oxygens (including phenoxy) is 1. The van der Waals surface area contributed by atoms with Crippen LogP contribution >= 0.6 is 27.5 Å². The predicted octanol–water partition coefficient (Wildman–Crippen LogP) is 4.64. The highest BCUT2D eigenvalue weighted by Gasteiger charge is 2.21. The quantitative estimate of drug-likeness (QED) is 0.637. The number of hydrogen-bond donors (Lipinski definition) is 2. The van der Waals surface area contributed by atoms with Crippen molar-refractivity contribution in [2.45, 2.75) is 37.8 Å². The molecule has 0 spiro atoms. The van der Waals surface area contributed by atoms with Crippen molar-refractivity contribution in [1.82, 2.24) is 10.0 Å². The lowest BCUT2D eigenvalue weighted by atomic mass is 10.1. The monoisotopic (exact) mass is 474 g/mol. The van der Waals surface area contributed by atoms with Crippen LogP contribution in [0.25, 0.3) is 0 Å². The van der Waals surface area contributed by atoms with Crippen molar-refractivity contribution in [2.75, 3.05) is 0 Å². The molecule has 2 aromatic carbocycles. The molecule has 0 radical (unpaired) electrons. The zero-order valence-electron chi connectivity index (χ0n) is 15.0. The first kappa shape index (κ1) is 21.5. The Labute approximate surface area is 172 Å². The van der Waals surface area contributed by atoms with Crippen LogP contribution in [0.2, 0.25) is 5.02 Å². The third kappa shape index (κ3) is 6.12. The summed E-state index contributed by atoms with van der Waals surface area (Å²) in [6, 6.07) is 9.63. The second kappa shape index (κ2) is 8.95. The van der Waals surface area contributed by atoms with Gasteiger partial charge in [-0.15, -0.1) is 0 Å². The zero-order valence-corrected chi connectivity index (χ0v) is 18.2. The van der Waals surface area contributed by atoms with Gasteiger partial charge in [-0.05, 0) is 63.2 Å². The molecule has 146 valence electrons. The Hall–Kier alpha value is -1.77. The number of carbonyl (C=O) groups excluding carboxylic acids is 1. The maximum atomic E-state index is 12.3. The molecule has 2 N–H and O–H groups in total. The SMILES string of the molecule is CC(C)Oc1ccc(Br)cc1C(C)NC(=O)NS(=O)(=O)c1ccc(Cl)cc1. The highest BCUT2D eigenvalue weighted by Crippen LogP contribution is 2.29. The minimum absolute atomic E-state index is 0.0452. The molecular formula is C18H20BrClN2O4S. The minimum Gasteiger partial charge on any atom is -0.491 e. The highest BCUT2D eigenvalue weighted by atomic mass is 79.9. The van der Waals surface area contributed by atoms with Crippen molar-refractivity contribution in [2.24, 2.45) is 0 Å². The summed E-state index contributed by atoms with van der Waals surface area (Å²) in [5.74, 6) is 0.613. The number of sulfonamides is 1. The molecular weight excluding hydrogens is 456 g/mol. The molecule has 0 bridgehead atoms. The van der Waals surface area contributed by atoms with E-state index in [1.165, 1.54) is 24.3 Å². The molecule has 1 atom stereocenters. The minimum atomic E-state index is -4.00. The number of hydrogen-bond acceptors (Lipinski definition) is 4. The van der Waals surface area contributed by atoms with Gasteiger partial charge < -0.3 is 10.1 Å². The van der Waals surface area contributed by atoms with Gasteiger partial charge >= 0.3 is 6.03 Å². The van der Waals surface area contributed by atoms with Gasteiger partial charge in [0.05, 0.1) is 17.0 Å². The van der Waals surface area contributed by atoms with E-state index >= 15 is 0 Å². The van der Waals surface area contributed by atoms with Crippen molar-refractivity contribution in [3.8, 4) is 5.75 Å². The molecule has 2 amide bonds. The summed E-state index contributed by atoms with van der Waals surface area (Å²) in [4.78, 5) is 12.2. The number of halogens is 2. The smallest absolute Gasteiger partial charge is 0.329 e. The molecule has 0 aromatic heterocycles. The zero-order chi connectivity index (χ0) is 20.2. The number of carbonyl (C=O) groups is 1. The van der Waals surface area contributed by atoms with E-state index in [0.29, 0.717) is 10.8 Å². The van der Waals surface area contributed by atoms with Crippen LogP contribution in [0.4, 0.5) is 4.79 Å². The van der Waals surface area contributed by atoms with E-state index in [1.54, 1.807) is 13.0 Å². The molecule has 0 aliphatic heterocycles. The van der Waals surface area contributed by atoms with Crippen molar-refractivity contribution in [1.29, 1.82) is 0 Å². The summed E-state index contributed by atoms with van der Waals surface area (Å²) < 4.78 is 33.2. The summed E-state index contributed by atoms with van der Waals surface area (Å²) in [5, 5.41) is 3.02. The van der Waals surface area contributed by atoms with Crippen LogP contribution in [0.15, 0.2) is 51.8 Å². The lowest BCUT2D eigenvalue weighted by Gasteiger charge is -2.20. The van der Waals surface area contributed by atoms with Crippen LogP contribution in [0.5, 0.6) is 5.75 Å². The molecule has 27 heavy (non-hydrogen) atoms. The summed E-state index contributed by atoms with van der Waals surface area (Å²) >= 11 is 9.15. The number of rotatable bonds is 6. The van der Waals surface area contributed by atoms with Crippen LogP contribution in [0.1, 0.15) is 32.4 Å². The van der Waals surface area contributed by atoms with E-state index in [1.807, 2.05) is 30.7 Å². The first-order valence-electron chi connectivity index (χ1n) is 8.13. The summed E-state index contributed by atoms with van der Waals surface area (Å²) in [6.45, 7) is 5.54. The van der Waals surface area contributed by atoms with Crippen LogP contribution in [0, 0.1) is 0 Å². The van der Waals surface area contributed by atoms with Crippen LogP contribution in [0.3, 0.4) is 0 Å². The number of benzene rings is 2. The van der Waals surface area contributed by atoms with E-state index in [9.17, 15) is 13.2 Å². The average Bonchev–Trinajstić information content (AvgIpc) is 2.55. The number of nitrogens with one attached hydrogen (secondary N) is 2. The maximum absolute atomic E-state index is 12.3. The Morgan fingerprint density at radius 2 is 1.74 bits per heavy atom. The first-order chi connectivity index (χ1) is 12.6. The van der Waals surface area contributed by atoms with E-state index < -0.39 is 22.1 Å². The number of urea groups is 1. The van der Waals surface area contributed by atoms with Crippen LogP contribution in [-0.2, 0) is 10.0 Å². The summed E-state index contributed by atoms with van der Waals surface area (Å²) in [5.41, 5.74) is 0.720. The molecule has 0 aliphatic carbocycles. The summed E-state index contributed by atoms with van der Waals surface area (Å²) in [6.07, 6.45) is -0.0452. The third-order valence-corrected chi connectivity index (χ3v) is 5.59. The molecule has 0 heterocycles. The molecule has 0 aliphatic rings. The molecule has 2 aromatic rings. The molecule has 9 heteroatoms. The van der Waals surface area contributed by atoms with E-state index in [2.05, 4.69) is 21.2 Å². The van der Waals surface area contributed by atoms with Gasteiger partial charge in [0.1, 0.15) is 5.75 Å². The second-order valence-electron chi connectivity index (χ2n) is 6.10. The second-order valence-corrected chi connectivity index (χ2v) is 9.14. The standard InChI is InChI=1S/C18H20BrClN2O4S/c1-11(2)26-17-9-4-13(19)10-16(17)12(3)21-18(23)22-27(24,25)15-7-5-14(20)6-8-15/h4-12H,1-3H3,(H2,21,22,23). The van der Waals surface area contributed by atoms with Gasteiger partial charge in [0.2, 0.25) is 0 Å². The highest BCUT2D eigenvalue weighted by molar-refractivity contribution is 9.10. The van der Waals surface area contributed by atoms with Crippen molar-refractivity contribution in [3.05, 3.63) is 57.5 Å². The molecule has 0 saturated carbocycles. The number of amides is 2. The Kier molecular flexibility index (Phi) is 7.13. The first-order valence-corrected chi connectivity index (χ1v) is 10.8. The molecule has 0 saturated heterocycles. The van der Waals surface area contributed by atoms with E-state index in [4.69, 9.17) is 16.3 Å². The largest absolute Gasteiger partial charge is 0.491 e. The Balaban J connectivity index is 2.13. The molecule has 0 fully saturated rings. The summed E-state index contributed by atoms with van der Waals surface area (Å²) in [7, 11) is -4.00. The van der Waals surface area contributed by atoms with Gasteiger partial charge in [0.15, 0.2) is 0 Å². The fourth-order valence-corrected chi connectivity index (χ4v) is 3.74.